The molecule has 13 nitrogen and oxygen atoms in total. The zero-order valence-corrected chi connectivity index (χ0v) is 21.7. The molecule has 3 aromatic rings. The van der Waals surface area contributed by atoms with Crippen molar-refractivity contribution >= 4 is 68.0 Å². The van der Waals surface area contributed by atoms with Crippen molar-refractivity contribution in [3.05, 3.63) is 39.2 Å². The van der Waals surface area contributed by atoms with Crippen molar-refractivity contribution < 1.29 is 28.9 Å². The quantitative estimate of drug-likeness (QED) is 0.160. The van der Waals surface area contributed by atoms with E-state index >= 15 is 0 Å². The van der Waals surface area contributed by atoms with Gasteiger partial charge in [-0.25, -0.2) is 14.3 Å². The Morgan fingerprint density at radius 2 is 2.19 bits per heavy atom. The van der Waals surface area contributed by atoms with Crippen molar-refractivity contribution in [2.24, 2.45) is 5.16 Å². The summed E-state index contributed by atoms with van der Waals surface area (Å²) in [7, 11) is 1.29. The highest BCUT2D eigenvalue weighted by Crippen LogP contribution is 2.40. The van der Waals surface area contributed by atoms with E-state index in [1.807, 2.05) is 24.6 Å². The number of thioether (sulfide) groups is 1. The molecule has 0 aromatic carbocycles. The lowest BCUT2D eigenvalue weighted by Crippen LogP contribution is -2.71. The highest BCUT2D eigenvalue weighted by atomic mass is 32.2. The third-order valence-electron chi connectivity index (χ3n) is 5.70. The minimum atomic E-state index is -1.19. The molecule has 3 aromatic heterocycles. The molecule has 188 valence electrons. The highest BCUT2D eigenvalue weighted by molar-refractivity contribution is 8.00. The maximum atomic E-state index is 13.1. The summed E-state index contributed by atoms with van der Waals surface area (Å²) in [6.07, 6.45) is 1.88. The molecule has 0 aliphatic carbocycles. The second-order valence-corrected chi connectivity index (χ2v) is 11.2. The molecule has 1 saturated heterocycles. The standard InChI is InChI=1S/C20H20N8O5S3/c1-8-4-27-20(36-9(2)24-27)26(8)5-10-6-34-17-13(16(30)28(17)14(10)18(31)32)23-15(29)12(25-33-3)11-7-35-19(21)22-11/h4,7,13,17H,5-6H2,1-3H3,(H3-,21,22,23,29,31,32)/p+1/b25-12-/t13-,17-/m1/s1. The molecule has 0 radical (unpaired) electrons. The molecule has 5 rings (SSSR count). The Balaban J connectivity index is 1.39. The van der Waals surface area contributed by atoms with E-state index in [-0.39, 0.29) is 22.2 Å². The molecule has 2 aliphatic rings. The number of hydrogen-bond donors (Lipinski definition) is 3. The number of amides is 2. The van der Waals surface area contributed by atoms with Crippen molar-refractivity contribution in [3.8, 4) is 0 Å². The van der Waals surface area contributed by atoms with Gasteiger partial charge in [-0.05, 0) is 18.3 Å². The summed E-state index contributed by atoms with van der Waals surface area (Å²) in [5, 5.41) is 22.9. The normalized spacial score (nSPS) is 19.9. The van der Waals surface area contributed by atoms with Crippen LogP contribution in [-0.4, -0.2) is 72.4 Å². The van der Waals surface area contributed by atoms with Gasteiger partial charge < -0.3 is 21.0 Å². The van der Waals surface area contributed by atoms with Crippen LogP contribution in [0.2, 0.25) is 0 Å². The topological polar surface area (TPSA) is 168 Å². The van der Waals surface area contributed by atoms with Crippen LogP contribution in [0.3, 0.4) is 0 Å². The Hall–Kier alpha value is -3.50. The van der Waals surface area contributed by atoms with E-state index in [2.05, 4.69) is 20.6 Å². The van der Waals surface area contributed by atoms with Gasteiger partial charge in [0.15, 0.2) is 17.0 Å². The average molecular weight is 550 g/mol. The van der Waals surface area contributed by atoms with Crippen LogP contribution in [0.5, 0.6) is 0 Å². The number of thiazole rings is 1. The largest absolute Gasteiger partial charge is 0.477 e. The lowest BCUT2D eigenvalue weighted by atomic mass is 10.0. The van der Waals surface area contributed by atoms with Gasteiger partial charge in [0, 0.05) is 23.6 Å². The Bertz CT molecular complexity index is 1470. The zero-order chi connectivity index (χ0) is 25.7. The predicted molar refractivity (Wildman–Crippen MR) is 132 cm³/mol. The van der Waals surface area contributed by atoms with Crippen LogP contribution in [-0.2, 0) is 25.8 Å². The third-order valence-corrected chi connectivity index (χ3v) is 8.68. The first kappa shape index (κ1) is 24.2. The number of anilines is 1. The number of hydrogen-bond acceptors (Lipinski definition) is 11. The number of aryl methyl sites for hydroxylation is 2. The summed E-state index contributed by atoms with van der Waals surface area (Å²) in [4.78, 5) is 49.2. The Kier molecular flexibility index (Phi) is 6.17. The van der Waals surface area contributed by atoms with E-state index in [1.165, 1.54) is 35.1 Å². The molecule has 0 bridgehead atoms. The first-order chi connectivity index (χ1) is 17.2. The van der Waals surface area contributed by atoms with Crippen LogP contribution < -0.4 is 15.6 Å². The molecule has 36 heavy (non-hydrogen) atoms. The fourth-order valence-electron chi connectivity index (χ4n) is 4.14. The van der Waals surface area contributed by atoms with E-state index in [1.54, 1.807) is 9.90 Å². The molecule has 5 heterocycles. The summed E-state index contributed by atoms with van der Waals surface area (Å²) in [6, 6.07) is -0.920. The predicted octanol–water partition coefficient (Wildman–Crippen LogP) is 0.128. The van der Waals surface area contributed by atoms with E-state index < -0.39 is 29.2 Å². The Morgan fingerprint density at radius 3 is 2.86 bits per heavy atom. The zero-order valence-electron chi connectivity index (χ0n) is 19.3. The molecular weight excluding hydrogens is 528 g/mol. The monoisotopic (exact) mass is 549 g/mol. The van der Waals surface area contributed by atoms with Gasteiger partial charge in [0.1, 0.15) is 47.2 Å². The number of carbonyl (C=O) groups excluding carboxylic acids is 2. The van der Waals surface area contributed by atoms with Crippen LogP contribution in [0.25, 0.3) is 4.96 Å². The minimum absolute atomic E-state index is 0.0557. The number of nitrogens with one attached hydrogen (secondary N) is 1. The van der Waals surface area contributed by atoms with E-state index in [0.717, 1.165) is 27.0 Å². The van der Waals surface area contributed by atoms with Crippen molar-refractivity contribution in [3.63, 3.8) is 0 Å². The molecule has 0 spiro atoms. The van der Waals surface area contributed by atoms with Gasteiger partial charge in [-0.3, -0.25) is 14.5 Å². The van der Waals surface area contributed by atoms with Gasteiger partial charge in [-0.1, -0.05) is 14.8 Å². The first-order valence-electron chi connectivity index (χ1n) is 10.6. The summed E-state index contributed by atoms with van der Waals surface area (Å²) in [6.45, 7) is 4.13. The molecule has 0 saturated carbocycles. The van der Waals surface area contributed by atoms with Crippen molar-refractivity contribution in [2.75, 3.05) is 18.6 Å². The molecule has 1 fully saturated rings. The van der Waals surface area contributed by atoms with Crippen LogP contribution >= 0.6 is 34.4 Å². The van der Waals surface area contributed by atoms with E-state index in [4.69, 9.17) is 10.6 Å². The van der Waals surface area contributed by atoms with E-state index in [9.17, 15) is 19.5 Å². The number of carbonyl (C=O) groups is 3. The lowest BCUT2D eigenvalue weighted by molar-refractivity contribution is -0.666. The smallest absolute Gasteiger partial charge is 0.368 e. The van der Waals surface area contributed by atoms with E-state index in [0.29, 0.717) is 17.9 Å². The van der Waals surface area contributed by atoms with Gasteiger partial charge in [0.25, 0.3) is 11.8 Å². The van der Waals surface area contributed by atoms with Crippen LogP contribution in [0.1, 0.15) is 16.4 Å². The Labute approximate surface area is 216 Å². The van der Waals surface area contributed by atoms with Crippen molar-refractivity contribution in [2.45, 2.75) is 31.8 Å². The molecule has 16 heteroatoms. The molecule has 2 amide bonds. The SMILES string of the molecule is CO/N=C(\C(=O)N[C@@H]1C(=O)N2C(C(=O)O)=C(C[n+]3c(C)cn4nc(C)sc43)CS[C@H]12)c1csc(N)n1. The fourth-order valence-corrected chi connectivity index (χ4v) is 6.93. The minimum Gasteiger partial charge on any atom is -0.477 e. The number of β-lactam (4-membered cyclic amide) rings is 1. The number of aliphatic carboxylic acids is 1. The van der Waals surface area contributed by atoms with Crippen molar-refractivity contribution in [1.82, 2.24) is 24.8 Å². The van der Waals surface area contributed by atoms with Gasteiger partial charge >= 0.3 is 10.9 Å². The van der Waals surface area contributed by atoms with Crippen LogP contribution in [0.15, 0.2) is 28.0 Å². The number of aromatic nitrogens is 4. The number of carboxylic acid groups (broad SMARTS) is 1. The second-order valence-electron chi connectivity index (χ2n) is 8.02. The van der Waals surface area contributed by atoms with Gasteiger partial charge in [-0.2, -0.15) is 0 Å². The molecule has 2 atom stereocenters. The maximum absolute atomic E-state index is 13.1. The molecule has 4 N–H and O–H groups in total. The number of carboxylic acids is 1. The van der Waals surface area contributed by atoms with Gasteiger partial charge in [-0.15, -0.1) is 23.1 Å². The molecular formula is C20H21N8O5S3+. The third kappa shape index (κ3) is 4.00. The number of nitrogens with two attached hydrogens (primary N) is 1. The maximum Gasteiger partial charge on any atom is 0.368 e. The summed E-state index contributed by atoms with van der Waals surface area (Å²) in [5.41, 5.74) is 7.22. The average Bonchev–Trinajstić information content (AvgIpc) is 3.49. The van der Waals surface area contributed by atoms with Crippen LogP contribution in [0.4, 0.5) is 5.13 Å². The summed E-state index contributed by atoms with van der Waals surface area (Å²) in [5.74, 6) is -1.99. The summed E-state index contributed by atoms with van der Waals surface area (Å²) < 4.78 is 3.75. The molecule has 2 aliphatic heterocycles. The van der Waals surface area contributed by atoms with Crippen LogP contribution in [0, 0.1) is 13.8 Å². The van der Waals surface area contributed by atoms with Gasteiger partial charge in [0.05, 0.1) is 0 Å². The second kappa shape index (κ2) is 9.18. The lowest BCUT2D eigenvalue weighted by Gasteiger charge is -2.49. The first-order valence-corrected chi connectivity index (χ1v) is 13.3. The number of rotatable bonds is 7. The highest BCUT2D eigenvalue weighted by Gasteiger charge is 2.54. The Morgan fingerprint density at radius 1 is 1.42 bits per heavy atom. The number of nitrogens with zero attached hydrogens (tertiary/aromatic N) is 6. The summed E-state index contributed by atoms with van der Waals surface area (Å²) >= 11 is 4.03. The number of oxime groups is 1. The van der Waals surface area contributed by atoms with Gasteiger partial charge in [0.2, 0.25) is 0 Å². The van der Waals surface area contributed by atoms with Crippen molar-refractivity contribution in [1.29, 1.82) is 0 Å². The fraction of sp³-hybridized carbons (Fsp3) is 0.350. The number of fused-ring (bicyclic) bond motifs is 2. The number of nitrogen functional groups attached to an aromatic ring is 1. The number of imidazole rings is 1. The molecule has 0 unspecified atom stereocenters.